The zero-order valence-corrected chi connectivity index (χ0v) is 33.7. The summed E-state index contributed by atoms with van der Waals surface area (Å²) in [7, 11) is -10.4. The van der Waals surface area contributed by atoms with E-state index < -0.39 is 130 Å². The van der Waals surface area contributed by atoms with E-state index in [1.54, 1.807) is 0 Å². The summed E-state index contributed by atoms with van der Waals surface area (Å²) in [6, 6.07) is 0. The lowest BCUT2D eigenvalue weighted by Crippen LogP contribution is -2.53. The molecule has 3 unspecified atom stereocenters. The zero-order chi connectivity index (χ0) is 43.5. The van der Waals surface area contributed by atoms with E-state index in [0.29, 0.717) is 0 Å². The number of nitrogens with zero attached hydrogens (tertiary/aromatic N) is 3. The number of H-pyrrole nitrogens is 3. The summed E-state index contributed by atoms with van der Waals surface area (Å²) in [5.41, 5.74) is -6.18. The number of rotatable bonds is 14. The van der Waals surface area contributed by atoms with Crippen LogP contribution in [0, 0.1) is 20.8 Å². The van der Waals surface area contributed by atoms with Crippen molar-refractivity contribution in [3.63, 3.8) is 0 Å². The minimum atomic E-state index is -5.25. The Balaban J connectivity index is 1.10. The Hall–Kier alpha value is -3.98. The molecule has 3 aromatic rings. The van der Waals surface area contributed by atoms with Crippen molar-refractivity contribution in [3.8, 4) is 0 Å². The smallest absolute Gasteiger partial charge is 0.394 e. The maximum absolute atomic E-state index is 13.6. The molecule has 26 nitrogen and oxygen atoms in total. The number of aromatic amines is 3. The van der Waals surface area contributed by atoms with Crippen molar-refractivity contribution in [3.05, 3.63) is 97.8 Å². The minimum Gasteiger partial charge on any atom is -0.394 e. The third-order valence-electron chi connectivity index (χ3n) is 10.6. The molecular formula is C32H42N6O20P2. The molecule has 0 aromatic carbocycles. The second kappa shape index (κ2) is 16.7. The first-order valence-electron chi connectivity index (χ1n) is 18.4. The quantitative estimate of drug-likeness (QED) is 0.0826. The molecule has 12 atom stereocenters. The highest BCUT2D eigenvalue weighted by Crippen LogP contribution is 2.56. The standard InChI is InChI=1S/C32H42N6O20P2/c1-14-8-36(29(44)33-25(14)41)21-6-17(40)20(55-21)12-52-59(47,48)58-24-23-28(38-10-16(3)27(43)35-31(38)46)56-32(24,4-5-51-23)13-53-60(49,50)57-18-7-22(54-19(18)11-39)37-9-15(2)26(42)34-30(37)45/h8-10,17-24,28,39-40H,4-7,11-13H2,1-3H3,(H,47,48)(H,49,50)(H,33,41,44)(H,34,42,45)(H,35,43,46)/t17-,18-,19+,20+,21+,22+,23?,24-,28+,32+/m0/s1. The normalized spacial score (nSPS) is 32.2. The predicted molar refractivity (Wildman–Crippen MR) is 197 cm³/mol. The number of aromatic nitrogens is 6. The monoisotopic (exact) mass is 892 g/mol. The van der Waals surface area contributed by atoms with Crippen molar-refractivity contribution < 1.29 is 66.2 Å². The lowest BCUT2D eigenvalue weighted by molar-refractivity contribution is -0.142. The van der Waals surface area contributed by atoms with Gasteiger partial charge in [0.25, 0.3) is 16.7 Å². The predicted octanol–water partition coefficient (Wildman–Crippen LogP) is -2.45. The number of phosphoric ester groups is 2. The van der Waals surface area contributed by atoms with E-state index in [9.17, 15) is 57.9 Å². The summed E-state index contributed by atoms with van der Waals surface area (Å²) in [6.07, 6.45) is -9.18. The maximum Gasteiger partial charge on any atom is 0.472 e. The van der Waals surface area contributed by atoms with Crippen molar-refractivity contribution in [1.82, 2.24) is 28.7 Å². The molecule has 4 saturated heterocycles. The minimum absolute atomic E-state index is 0.0642. The second-order valence-corrected chi connectivity index (χ2v) is 17.6. The Labute approximate surface area is 335 Å². The van der Waals surface area contributed by atoms with Gasteiger partial charge in [0.05, 0.1) is 32.5 Å². The molecule has 7 rings (SSSR count). The number of hydrogen-bond acceptors (Lipinski definition) is 18. The van der Waals surface area contributed by atoms with Gasteiger partial charge < -0.3 is 38.9 Å². The maximum atomic E-state index is 13.6. The van der Waals surface area contributed by atoms with Crippen LogP contribution in [0.2, 0.25) is 0 Å². The van der Waals surface area contributed by atoms with Crippen LogP contribution in [0.4, 0.5) is 0 Å². The van der Waals surface area contributed by atoms with Gasteiger partial charge in [-0.2, -0.15) is 0 Å². The first kappa shape index (κ1) is 44.1. The van der Waals surface area contributed by atoms with Gasteiger partial charge in [0.15, 0.2) is 6.23 Å². The number of aliphatic hydroxyl groups is 2. The zero-order valence-electron chi connectivity index (χ0n) is 31.9. The molecule has 0 radical (unpaired) electrons. The fourth-order valence-corrected chi connectivity index (χ4v) is 9.41. The summed E-state index contributed by atoms with van der Waals surface area (Å²) >= 11 is 0. The van der Waals surface area contributed by atoms with Crippen molar-refractivity contribution >= 4 is 15.6 Å². The van der Waals surface area contributed by atoms with Crippen LogP contribution in [0.25, 0.3) is 0 Å². The van der Waals surface area contributed by atoms with Crippen molar-refractivity contribution in [1.29, 1.82) is 0 Å². The average Bonchev–Trinajstić information content (AvgIpc) is 3.79. The number of aryl methyl sites for hydroxylation is 3. The van der Waals surface area contributed by atoms with Crippen LogP contribution in [-0.4, -0.2) is 117 Å². The van der Waals surface area contributed by atoms with E-state index >= 15 is 0 Å². The number of ether oxygens (including phenoxy) is 4. The van der Waals surface area contributed by atoms with Crippen LogP contribution in [0.5, 0.6) is 0 Å². The van der Waals surface area contributed by atoms with Crippen LogP contribution < -0.4 is 33.7 Å². The molecule has 7 heterocycles. The van der Waals surface area contributed by atoms with E-state index in [1.165, 1.54) is 33.2 Å². The molecule has 28 heteroatoms. The SMILES string of the molecule is Cc1cn([C@@H]2O[C@@]3(COP(=O)(O)O[C@H]4C[C@H](n5cc(C)c(=O)[nH]c5=O)O[C@@H]4CO)CCOC2[C@@H]3OP(=O)(O)OC[C@H]2O[C@@H](n3cc(C)c(=O)[nH]c3=O)C[C@@H]2O)c(=O)[nH]c1=O. The number of phosphoric acid groups is 2. The molecule has 0 amide bonds. The van der Waals surface area contributed by atoms with Crippen molar-refractivity contribution in [2.45, 2.75) is 101 Å². The van der Waals surface area contributed by atoms with Crippen LogP contribution in [0.3, 0.4) is 0 Å². The van der Waals surface area contributed by atoms with Crippen LogP contribution in [0.1, 0.15) is 54.6 Å². The number of nitrogens with one attached hydrogen (secondary N) is 3. The molecule has 4 aliphatic heterocycles. The van der Waals surface area contributed by atoms with Crippen molar-refractivity contribution in [2.75, 3.05) is 26.4 Å². The largest absolute Gasteiger partial charge is 0.472 e. The van der Waals surface area contributed by atoms with E-state index in [0.717, 1.165) is 19.9 Å². The van der Waals surface area contributed by atoms with Gasteiger partial charge in [0.1, 0.15) is 48.6 Å². The summed E-state index contributed by atoms with van der Waals surface area (Å²) in [5.74, 6) is 0. The Bertz CT molecular complexity index is 2590. The summed E-state index contributed by atoms with van der Waals surface area (Å²) in [5, 5.41) is 20.6. The Morgan fingerprint density at radius 2 is 1.28 bits per heavy atom. The van der Waals surface area contributed by atoms with Crippen molar-refractivity contribution in [2.24, 2.45) is 0 Å². The molecular weight excluding hydrogens is 850 g/mol. The number of aliphatic hydroxyl groups excluding tert-OH is 2. The average molecular weight is 893 g/mol. The lowest BCUT2D eigenvalue weighted by atomic mass is 9.90. The Morgan fingerprint density at radius 1 is 0.767 bits per heavy atom. The highest BCUT2D eigenvalue weighted by molar-refractivity contribution is 7.47. The van der Waals surface area contributed by atoms with Crippen LogP contribution in [-0.2, 0) is 46.2 Å². The second-order valence-electron chi connectivity index (χ2n) is 14.8. The number of hydrogen-bond donors (Lipinski definition) is 7. The fourth-order valence-electron chi connectivity index (χ4n) is 7.41. The highest BCUT2D eigenvalue weighted by Gasteiger charge is 2.63. The molecule has 7 N–H and O–H groups in total. The van der Waals surface area contributed by atoms with E-state index in [1.807, 2.05) is 0 Å². The molecule has 4 aliphatic rings. The molecule has 3 aromatic heterocycles. The molecule has 4 fully saturated rings. The van der Waals surface area contributed by atoms with Gasteiger partial charge >= 0.3 is 32.7 Å². The highest BCUT2D eigenvalue weighted by atomic mass is 31.2. The van der Waals surface area contributed by atoms with E-state index in [-0.39, 0.29) is 42.6 Å². The molecule has 330 valence electrons. The summed E-state index contributed by atoms with van der Waals surface area (Å²) in [6.45, 7) is 1.70. The lowest BCUT2D eigenvalue weighted by Gasteiger charge is -2.38. The summed E-state index contributed by atoms with van der Waals surface area (Å²) < 4.78 is 75.2. The van der Waals surface area contributed by atoms with Gasteiger partial charge in [-0.1, -0.05) is 0 Å². The Kier molecular flexibility index (Phi) is 12.3. The molecule has 60 heavy (non-hydrogen) atoms. The first-order valence-corrected chi connectivity index (χ1v) is 21.4. The molecule has 0 saturated carbocycles. The van der Waals surface area contributed by atoms with Crippen LogP contribution >= 0.6 is 15.6 Å². The first-order chi connectivity index (χ1) is 28.2. The molecule has 2 bridgehead atoms. The van der Waals surface area contributed by atoms with Gasteiger partial charge in [-0.3, -0.25) is 61.1 Å². The van der Waals surface area contributed by atoms with E-state index in [2.05, 4.69) is 15.0 Å². The van der Waals surface area contributed by atoms with Gasteiger partial charge in [-0.05, 0) is 20.8 Å². The third kappa shape index (κ3) is 8.85. The number of fused-ring (bicyclic) bond motifs is 2. The molecule has 0 spiro atoms. The van der Waals surface area contributed by atoms with Gasteiger partial charge in [-0.15, -0.1) is 0 Å². The van der Waals surface area contributed by atoms with Gasteiger partial charge in [0, 0.05) is 54.5 Å². The third-order valence-corrected chi connectivity index (χ3v) is 12.5. The topological polar surface area (TPSA) is 353 Å². The van der Waals surface area contributed by atoms with Gasteiger partial charge in [-0.25, -0.2) is 23.5 Å². The van der Waals surface area contributed by atoms with Crippen LogP contribution in [0.15, 0.2) is 47.4 Å². The summed E-state index contributed by atoms with van der Waals surface area (Å²) in [4.78, 5) is 102. The van der Waals surface area contributed by atoms with Gasteiger partial charge in [0.2, 0.25) is 0 Å². The fraction of sp³-hybridized carbons (Fsp3) is 0.625. The van der Waals surface area contributed by atoms with E-state index in [4.69, 9.17) is 37.0 Å². The molecule has 0 aliphatic carbocycles. The Morgan fingerprint density at radius 3 is 1.87 bits per heavy atom.